The van der Waals surface area contributed by atoms with Crippen LogP contribution in [0, 0.1) is 27.7 Å². The van der Waals surface area contributed by atoms with Crippen molar-refractivity contribution < 1.29 is 0 Å². The van der Waals surface area contributed by atoms with Gasteiger partial charge in [-0.3, -0.25) is 4.57 Å². The number of rotatable bonds is 3. The summed E-state index contributed by atoms with van der Waals surface area (Å²) in [4.78, 5) is 9.12. The Labute approximate surface area is 163 Å². The number of hydrogen-bond acceptors (Lipinski definition) is 3. The van der Waals surface area contributed by atoms with Crippen molar-refractivity contribution >= 4 is 34.1 Å². The zero-order chi connectivity index (χ0) is 19.1. The van der Waals surface area contributed by atoms with Crippen LogP contribution in [0.25, 0.3) is 16.7 Å². The van der Waals surface area contributed by atoms with E-state index in [1.807, 2.05) is 24.3 Å². The Hall–Kier alpha value is -2.85. The van der Waals surface area contributed by atoms with Crippen LogP contribution in [0.2, 0.25) is 5.02 Å². The van der Waals surface area contributed by atoms with Crippen LogP contribution in [0.4, 0.5) is 11.5 Å². The van der Waals surface area contributed by atoms with Crippen molar-refractivity contribution in [1.82, 2.24) is 14.5 Å². The van der Waals surface area contributed by atoms with Gasteiger partial charge >= 0.3 is 0 Å². The molecule has 0 aliphatic heterocycles. The van der Waals surface area contributed by atoms with Crippen molar-refractivity contribution in [1.29, 1.82) is 0 Å². The molecule has 2 aromatic carbocycles. The van der Waals surface area contributed by atoms with E-state index in [-0.39, 0.29) is 0 Å². The lowest BCUT2D eigenvalue weighted by Crippen LogP contribution is -2.00. The van der Waals surface area contributed by atoms with Gasteiger partial charge in [-0.25, -0.2) is 9.97 Å². The summed E-state index contributed by atoms with van der Waals surface area (Å²) in [6.07, 6.45) is 1.61. The molecule has 2 aromatic heterocycles. The van der Waals surface area contributed by atoms with E-state index in [2.05, 4.69) is 65.7 Å². The quantitative estimate of drug-likeness (QED) is 0.473. The Balaban J connectivity index is 1.92. The second-order valence-corrected chi connectivity index (χ2v) is 7.26. The average Bonchev–Trinajstić information content (AvgIpc) is 2.91. The summed E-state index contributed by atoms with van der Waals surface area (Å²) in [6, 6.07) is 14.1. The second-order valence-electron chi connectivity index (χ2n) is 6.82. The number of benzene rings is 2. The number of halogens is 1. The summed E-state index contributed by atoms with van der Waals surface area (Å²) >= 11 is 6.22. The Kier molecular flexibility index (Phi) is 4.36. The number of nitrogens with one attached hydrogen (secondary N) is 1. The molecular formula is C22H21ClN4. The maximum absolute atomic E-state index is 6.22. The van der Waals surface area contributed by atoms with Gasteiger partial charge < -0.3 is 5.32 Å². The summed E-state index contributed by atoms with van der Waals surface area (Å²) in [5.41, 5.74) is 7.66. The van der Waals surface area contributed by atoms with Gasteiger partial charge in [-0.2, -0.15) is 0 Å². The molecule has 27 heavy (non-hydrogen) atoms. The second kappa shape index (κ2) is 6.71. The van der Waals surface area contributed by atoms with Crippen molar-refractivity contribution in [3.05, 3.63) is 76.2 Å². The highest BCUT2D eigenvalue weighted by atomic mass is 35.5. The summed E-state index contributed by atoms with van der Waals surface area (Å²) < 4.78 is 2.13. The fourth-order valence-corrected chi connectivity index (χ4v) is 3.62. The number of hydrogen-bond donors (Lipinski definition) is 1. The number of aromatic nitrogens is 3. The predicted molar refractivity (Wildman–Crippen MR) is 113 cm³/mol. The predicted octanol–water partition coefficient (Wildman–Crippen LogP) is 6.05. The van der Waals surface area contributed by atoms with Gasteiger partial charge in [0, 0.05) is 22.1 Å². The lowest BCUT2D eigenvalue weighted by Gasteiger charge is -2.12. The molecule has 4 nitrogen and oxygen atoms in total. The van der Waals surface area contributed by atoms with Crippen molar-refractivity contribution in [3.63, 3.8) is 0 Å². The molecule has 0 amide bonds. The molecule has 0 spiro atoms. The Morgan fingerprint density at radius 1 is 0.926 bits per heavy atom. The monoisotopic (exact) mass is 376 g/mol. The minimum absolute atomic E-state index is 0.703. The zero-order valence-electron chi connectivity index (χ0n) is 15.8. The molecular weight excluding hydrogens is 356 g/mol. The highest BCUT2D eigenvalue weighted by molar-refractivity contribution is 6.30. The molecule has 1 N–H and O–H groups in total. The van der Waals surface area contributed by atoms with Gasteiger partial charge in [0.15, 0.2) is 5.65 Å². The normalized spacial score (nSPS) is 11.1. The van der Waals surface area contributed by atoms with Crippen LogP contribution in [0.15, 0.2) is 48.8 Å². The van der Waals surface area contributed by atoms with E-state index in [1.54, 1.807) is 6.33 Å². The van der Waals surface area contributed by atoms with E-state index in [1.165, 1.54) is 11.1 Å². The van der Waals surface area contributed by atoms with Crippen molar-refractivity contribution in [2.75, 3.05) is 5.32 Å². The van der Waals surface area contributed by atoms with Crippen LogP contribution < -0.4 is 5.32 Å². The number of aryl methyl sites for hydroxylation is 2. The molecule has 0 aliphatic rings. The number of nitrogens with zero attached hydrogens (tertiary/aromatic N) is 3. The molecule has 0 saturated heterocycles. The SMILES string of the molecule is Cc1cccc(Nc2ncnc3c2c(C)c(C)n3-c2cccc(Cl)c2)c1C. The van der Waals surface area contributed by atoms with Gasteiger partial charge in [0.25, 0.3) is 0 Å². The lowest BCUT2D eigenvalue weighted by atomic mass is 10.1. The largest absolute Gasteiger partial charge is 0.339 e. The lowest BCUT2D eigenvalue weighted by molar-refractivity contribution is 1.01. The first kappa shape index (κ1) is 17.6. The van der Waals surface area contributed by atoms with Gasteiger partial charge in [0.05, 0.1) is 5.39 Å². The number of anilines is 2. The van der Waals surface area contributed by atoms with E-state index >= 15 is 0 Å². The topological polar surface area (TPSA) is 42.7 Å². The first-order valence-electron chi connectivity index (χ1n) is 8.89. The highest BCUT2D eigenvalue weighted by Gasteiger charge is 2.18. The first-order valence-corrected chi connectivity index (χ1v) is 9.27. The molecule has 0 saturated carbocycles. The first-order chi connectivity index (χ1) is 13.0. The molecule has 0 fully saturated rings. The van der Waals surface area contributed by atoms with E-state index in [4.69, 9.17) is 11.6 Å². The van der Waals surface area contributed by atoms with Crippen LogP contribution >= 0.6 is 11.6 Å². The van der Waals surface area contributed by atoms with E-state index in [0.717, 1.165) is 39.5 Å². The molecule has 0 aliphatic carbocycles. The minimum Gasteiger partial charge on any atom is -0.339 e. The van der Waals surface area contributed by atoms with Crippen LogP contribution in [0.1, 0.15) is 22.4 Å². The Morgan fingerprint density at radius 2 is 1.70 bits per heavy atom. The third-order valence-electron chi connectivity index (χ3n) is 5.22. The summed E-state index contributed by atoms with van der Waals surface area (Å²) in [5, 5.41) is 5.24. The minimum atomic E-state index is 0.703. The van der Waals surface area contributed by atoms with Gasteiger partial charge in [-0.15, -0.1) is 0 Å². The summed E-state index contributed by atoms with van der Waals surface area (Å²) in [6.45, 7) is 8.43. The maximum Gasteiger partial charge on any atom is 0.150 e. The molecule has 0 atom stereocenters. The Bertz CT molecular complexity index is 1160. The van der Waals surface area contributed by atoms with Gasteiger partial charge in [0.2, 0.25) is 0 Å². The molecule has 0 bridgehead atoms. The van der Waals surface area contributed by atoms with Crippen molar-refractivity contribution in [2.24, 2.45) is 0 Å². The fraction of sp³-hybridized carbons (Fsp3) is 0.182. The van der Waals surface area contributed by atoms with Gasteiger partial charge in [-0.1, -0.05) is 29.8 Å². The highest BCUT2D eigenvalue weighted by Crippen LogP contribution is 2.33. The van der Waals surface area contributed by atoms with Gasteiger partial charge in [-0.05, 0) is 68.7 Å². The summed E-state index contributed by atoms with van der Waals surface area (Å²) in [7, 11) is 0. The van der Waals surface area contributed by atoms with Crippen LogP contribution in [-0.2, 0) is 0 Å². The number of fused-ring (bicyclic) bond motifs is 1. The van der Waals surface area contributed by atoms with Gasteiger partial charge in [0.1, 0.15) is 12.1 Å². The molecule has 4 rings (SSSR count). The van der Waals surface area contributed by atoms with Crippen molar-refractivity contribution in [2.45, 2.75) is 27.7 Å². The molecule has 5 heteroatoms. The zero-order valence-corrected chi connectivity index (χ0v) is 16.6. The molecule has 4 aromatic rings. The smallest absolute Gasteiger partial charge is 0.150 e. The van der Waals surface area contributed by atoms with E-state index < -0.39 is 0 Å². The van der Waals surface area contributed by atoms with E-state index in [0.29, 0.717) is 5.02 Å². The van der Waals surface area contributed by atoms with E-state index in [9.17, 15) is 0 Å². The molecule has 136 valence electrons. The maximum atomic E-state index is 6.22. The van der Waals surface area contributed by atoms with Crippen LogP contribution in [0.5, 0.6) is 0 Å². The molecule has 0 radical (unpaired) electrons. The van der Waals surface area contributed by atoms with Crippen LogP contribution in [-0.4, -0.2) is 14.5 Å². The average molecular weight is 377 g/mol. The molecule has 2 heterocycles. The third kappa shape index (κ3) is 2.96. The summed E-state index contributed by atoms with van der Waals surface area (Å²) in [5.74, 6) is 0.815. The van der Waals surface area contributed by atoms with Crippen LogP contribution in [0.3, 0.4) is 0 Å². The standard InChI is InChI=1S/C22H21ClN4/c1-13-7-5-10-19(14(13)2)26-21-20-15(3)16(4)27(22(20)25-12-24-21)18-9-6-8-17(23)11-18/h5-12H,1-4H3,(H,24,25,26). The fourth-order valence-electron chi connectivity index (χ4n) is 3.44. The third-order valence-corrected chi connectivity index (χ3v) is 5.45. The molecule has 0 unspecified atom stereocenters. The van der Waals surface area contributed by atoms with Crippen molar-refractivity contribution in [3.8, 4) is 5.69 Å². The Morgan fingerprint density at radius 3 is 2.48 bits per heavy atom.